The summed E-state index contributed by atoms with van der Waals surface area (Å²) in [6.45, 7) is 9.24. The van der Waals surface area contributed by atoms with E-state index in [9.17, 15) is 4.79 Å². The molecule has 4 atom stereocenters. The lowest BCUT2D eigenvalue weighted by Crippen LogP contribution is -2.41. The van der Waals surface area contributed by atoms with Crippen LogP contribution < -0.4 is 5.32 Å². The van der Waals surface area contributed by atoms with Gasteiger partial charge in [-0.15, -0.1) is 0 Å². The molecular formula is C19H29N3O2. The number of aryl methyl sites for hydroxylation is 1. The predicted molar refractivity (Wildman–Crippen MR) is 93.3 cm³/mol. The number of hydrogen-bond donors (Lipinski definition) is 1. The molecule has 5 nitrogen and oxygen atoms in total. The van der Waals surface area contributed by atoms with Crippen molar-refractivity contribution in [3.8, 4) is 0 Å². The molecule has 3 rings (SSSR count). The Bertz CT molecular complexity index is 643. The molecule has 0 unspecified atom stereocenters. The van der Waals surface area contributed by atoms with Crippen molar-refractivity contribution in [1.29, 1.82) is 0 Å². The first-order valence-corrected chi connectivity index (χ1v) is 8.84. The van der Waals surface area contributed by atoms with E-state index < -0.39 is 0 Å². The number of aromatic nitrogens is 2. The summed E-state index contributed by atoms with van der Waals surface area (Å²) in [6.07, 6.45) is 7.58. The van der Waals surface area contributed by atoms with Crippen LogP contribution in [0.15, 0.2) is 24.2 Å². The summed E-state index contributed by atoms with van der Waals surface area (Å²) in [5.41, 5.74) is 2.42. The van der Waals surface area contributed by atoms with Gasteiger partial charge < -0.3 is 14.6 Å². The van der Waals surface area contributed by atoms with Crippen LogP contribution in [0.25, 0.3) is 0 Å². The van der Waals surface area contributed by atoms with E-state index in [4.69, 9.17) is 4.74 Å². The standard InChI is InChI=1S/C19H29N3O2/c1-12(2)8-14-17(19(14,3)4)18(23)21-13-6-7-24-16(9-13)15-10-20-11-22(15)5/h8,10-11,13-14,16-17H,6-7,9H2,1-5H3,(H,21,23)/t13-,14-,16-,17-/m1/s1. The molecule has 132 valence electrons. The van der Waals surface area contributed by atoms with Gasteiger partial charge in [-0.3, -0.25) is 4.79 Å². The molecule has 1 aliphatic carbocycles. The number of nitrogens with zero attached hydrogens (tertiary/aromatic N) is 2. The van der Waals surface area contributed by atoms with Gasteiger partial charge in [0.05, 0.1) is 24.1 Å². The molecule has 1 aliphatic heterocycles. The average molecular weight is 331 g/mol. The van der Waals surface area contributed by atoms with Gasteiger partial charge in [0.1, 0.15) is 6.10 Å². The largest absolute Gasteiger partial charge is 0.372 e. The molecule has 1 saturated carbocycles. The first-order chi connectivity index (χ1) is 11.3. The minimum absolute atomic E-state index is 0.0114. The predicted octanol–water partition coefficient (Wildman–Crippen LogP) is 2.99. The summed E-state index contributed by atoms with van der Waals surface area (Å²) in [5.74, 6) is 0.638. The minimum Gasteiger partial charge on any atom is -0.372 e. The molecular weight excluding hydrogens is 302 g/mol. The zero-order chi connectivity index (χ0) is 17.5. The molecule has 1 aromatic heterocycles. The third kappa shape index (κ3) is 3.27. The highest BCUT2D eigenvalue weighted by atomic mass is 16.5. The maximum atomic E-state index is 12.7. The average Bonchev–Trinajstić information content (AvgIpc) is 2.82. The van der Waals surface area contributed by atoms with E-state index in [0.717, 1.165) is 18.5 Å². The second-order valence-corrected chi connectivity index (χ2v) is 8.09. The molecule has 0 aromatic carbocycles. The second kappa shape index (κ2) is 6.36. The zero-order valence-electron chi connectivity index (χ0n) is 15.4. The molecule has 2 heterocycles. The highest BCUT2D eigenvalue weighted by Crippen LogP contribution is 2.59. The van der Waals surface area contributed by atoms with Crippen LogP contribution in [0, 0.1) is 17.3 Å². The number of amides is 1. The van der Waals surface area contributed by atoms with Gasteiger partial charge in [-0.25, -0.2) is 4.98 Å². The quantitative estimate of drug-likeness (QED) is 0.863. The van der Waals surface area contributed by atoms with Gasteiger partial charge in [0.2, 0.25) is 5.91 Å². The highest BCUT2D eigenvalue weighted by Gasteiger charge is 2.60. The fourth-order valence-corrected chi connectivity index (χ4v) is 3.95. The summed E-state index contributed by atoms with van der Waals surface area (Å²) >= 11 is 0. The van der Waals surface area contributed by atoms with Gasteiger partial charge in [0.25, 0.3) is 0 Å². The van der Waals surface area contributed by atoms with Crippen molar-refractivity contribution < 1.29 is 9.53 Å². The smallest absolute Gasteiger partial charge is 0.224 e. The van der Waals surface area contributed by atoms with E-state index in [-0.39, 0.29) is 29.4 Å². The first kappa shape index (κ1) is 17.2. The number of ether oxygens (including phenoxy) is 1. The van der Waals surface area contributed by atoms with Crippen LogP contribution in [0.5, 0.6) is 0 Å². The molecule has 0 bridgehead atoms. The first-order valence-electron chi connectivity index (χ1n) is 8.84. The molecule has 5 heteroatoms. The van der Waals surface area contributed by atoms with Gasteiger partial charge in [0, 0.05) is 19.7 Å². The summed E-state index contributed by atoms with van der Waals surface area (Å²) in [4.78, 5) is 16.9. The number of carbonyl (C=O) groups excluding carboxylic acids is 1. The van der Waals surface area contributed by atoms with Crippen molar-refractivity contribution in [3.05, 3.63) is 29.9 Å². The highest BCUT2D eigenvalue weighted by molar-refractivity contribution is 5.84. The monoisotopic (exact) mass is 331 g/mol. The number of carbonyl (C=O) groups is 1. The molecule has 1 aromatic rings. The number of imidazole rings is 1. The molecule has 1 saturated heterocycles. The lowest BCUT2D eigenvalue weighted by Gasteiger charge is -2.30. The Labute approximate surface area is 144 Å². The van der Waals surface area contributed by atoms with Crippen molar-refractivity contribution in [1.82, 2.24) is 14.9 Å². The summed E-state index contributed by atoms with van der Waals surface area (Å²) < 4.78 is 7.87. The summed E-state index contributed by atoms with van der Waals surface area (Å²) in [5, 5.41) is 3.27. The molecule has 0 radical (unpaired) electrons. The fraction of sp³-hybridized carbons (Fsp3) is 0.684. The second-order valence-electron chi connectivity index (χ2n) is 8.09. The lowest BCUT2D eigenvalue weighted by atomic mass is 10.0. The molecule has 24 heavy (non-hydrogen) atoms. The van der Waals surface area contributed by atoms with Crippen LogP contribution in [-0.4, -0.2) is 28.1 Å². The molecule has 2 fully saturated rings. The number of nitrogens with one attached hydrogen (secondary N) is 1. The Balaban J connectivity index is 1.61. The van der Waals surface area contributed by atoms with E-state index in [1.165, 1.54) is 5.57 Å². The minimum atomic E-state index is 0.0114. The summed E-state index contributed by atoms with van der Waals surface area (Å²) in [7, 11) is 1.98. The van der Waals surface area contributed by atoms with E-state index in [2.05, 4.69) is 44.1 Å². The zero-order valence-corrected chi connectivity index (χ0v) is 15.4. The Kier molecular flexibility index (Phi) is 4.56. The normalized spacial score (nSPS) is 31.4. The Morgan fingerprint density at radius 3 is 2.83 bits per heavy atom. The third-order valence-corrected chi connectivity index (χ3v) is 5.52. The van der Waals surface area contributed by atoms with E-state index in [1.807, 2.05) is 17.8 Å². The van der Waals surface area contributed by atoms with Crippen LogP contribution in [0.2, 0.25) is 0 Å². The molecule has 1 amide bonds. The van der Waals surface area contributed by atoms with E-state index in [1.54, 1.807) is 6.33 Å². The van der Waals surface area contributed by atoms with Gasteiger partial charge in [0.15, 0.2) is 0 Å². The van der Waals surface area contributed by atoms with Crippen LogP contribution in [0.3, 0.4) is 0 Å². The molecule has 1 N–H and O–H groups in total. The summed E-state index contributed by atoms with van der Waals surface area (Å²) in [6, 6.07) is 0.176. The SMILES string of the molecule is CC(C)=C[C@@H]1[C@H](C(=O)N[C@@H]2CCO[C@@H](c3cncn3C)C2)C1(C)C. The van der Waals surface area contributed by atoms with Crippen LogP contribution >= 0.6 is 0 Å². The van der Waals surface area contributed by atoms with Gasteiger partial charge in [-0.1, -0.05) is 25.5 Å². The van der Waals surface area contributed by atoms with E-state index >= 15 is 0 Å². The van der Waals surface area contributed by atoms with Crippen molar-refractivity contribution in [2.24, 2.45) is 24.3 Å². The molecule has 0 spiro atoms. The maximum Gasteiger partial charge on any atom is 0.224 e. The number of allylic oxidation sites excluding steroid dienone is 2. The van der Waals surface area contributed by atoms with Gasteiger partial charge in [-0.05, 0) is 38.0 Å². The molecule has 2 aliphatic rings. The number of hydrogen-bond acceptors (Lipinski definition) is 3. The van der Waals surface area contributed by atoms with Crippen molar-refractivity contribution in [3.63, 3.8) is 0 Å². The number of rotatable bonds is 4. The third-order valence-electron chi connectivity index (χ3n) is 5.52. The van der Waals surface area contributed by atoms with Crippen LogP contribution in [-0.2, 0) is 16.6 Å². The Morgan fingerprint density at radius 1 is 1.46 bits per heavy atom. The Morgan fingerprint density at radius 2 is 2.21 bits per heavy atom. The van der Waals surface area contributed by atoms with Gasteiger partial charge in [-0.2, -0.15) is 0 Å². The van der Waals surface area contributed by atoms with Crippen molar-refractivity contribution in [2.75, 3.05) is 6.61 Å². The van der Waals surface area contributed by atoms with Crippen LogP contribution in [0.4, 0.5) is 0 Å². The lowest BCUT2D eigenvalue weighted by molar-refractivity contribution is -0.125. The maximum absolute atomic E-state index is 12.7. The Hall–Kier alpha value is -1.62. The van der Waals surface area contributed by atoms with E-state index in [0.29, 0.717) is 12.5 Å². The van der Waals surface area contributed by atoms with Crippen molar-refractivity contribution >= 4 is 5.91 Å². The van der Waals surface area contributed by atoms with Crippen LogP contribution in [0.1, 0.15) is 52.3 Å². The fourth-order valence-electron chi connectivity index (χ4n) is 3.95. The topological polar surface area (TPSA) is 56.1 Å². The van der Waals surface area contributed by atoms with Crippen molar-refractivity contribution in [2.45, 2.75) is 52.7 Å². The van der Waals surface area contributed by atoms with Gasteiger partial charge >= 0.3 is 0 Å².